The van der Waals surface area contributed by atoms with E-state index in [1.807, 2.05) is 6.20 Å². The van der Waals surface area contributed by atoms with E-state index in [4.69, 9.17) is 0 Å². The van der Waals surface area contributed by atoms with Crippen LogP contribution in [0.25, 0.3) is 39.3 Å². The van der Waals surface area contributed by atoms with Crippen molar-refractivity contribution in [2.75, 3.05) is 0 Å². The Morgan fingerprint density at radius 1 is 0.750 bits per heavy atom. The Morgan fingerprint density at radius 3 is 2.31 bits per heavy atom. The highest BCUT2D eigenvalue weighted by Crippen LogP contribution is 2.34. The molecule has 0 radical (unpaired) electrons. The van der Waals surface area contributed by atoms with Crippen molar-refractivity contribution in [3.8, 4) is 22.6 Å². The number of hydrogen-bond donors (Lipinski definition) is 0. The molecule has 2 aromatic carbocycles. The third-order valence-electron chi connectivity index (χ3n) is 6.25. The van der Waals surface area contributed by atoms with Crippen molar-refractivity contribution in [2.45, 2.75) is 20.8 Å². The van der Waals surface area contributed by atoms with Crippen LogP contribution in [0, 0.1) is 20.8 Å². The Hall–Kier alpha value is -4.12. The van der Waals surface area contributed by atoms with Gasteiger partial charge in [-0.1, -0.05) is 36.4 Å². The summed E-state index contributed by atoms with van der Waals surface area (Å²) >= 11 is 0. The summed E-state index contributed by atoms with van der Waals surface area (Å²) in [6.07, 6.45) is 5.73. The Kier molecular flexibility index (Phi) is 4.05. The molecule has 5 heteroatoms. The van der Waals surface area contributed by atoms with Gasteiger partial charge in [0.1, 0.15) is 17.6 Å². The number of benzene rings is 2. The molecule has 156 valence electrons. The molecule has 0 aliphatic heterocycles. The minimum Gasteiger partial charge on any atom is -0.305 e. The zero-order chi connectivity index (χ0) is 21.8. The van der Waals surface area contributed by atoms with Gasteiger partial charge in [0.05, 0.1) is 17.1 Å². The molecule has 4 heterocycles. The van der Waals surface area contributed by atoms with E-state index in [1.54, 1.807) is 6.33 Å². The van der Waals surface area contributed by atoms with Crippen molar-refractivity contribution < 1.29 is 0 Å². The van der Waals surface area contributed by atoms with Gasteiger partial charge in [0.25, 0.3) is 0 Å². The average Bonchev–Trinajstić information content (AvgIpc) is 3.46. The summed E-state index contributed by atoms with van der Waals surface area (Å²) in [6.45, 7) is 6.43. The first-order valence-electron chi connectivity index (χ1n) is 10.8. The van der Waals surface area contributed by atoms with Gasteiger partial charge in [-0.05, 0) is 56.7 Å². The number of nitrogens with zero attached hydrogens (tertiary/aromatic N) is 5. The molecule has 0 atom stereocenters. The molecule has 0 N–H and O–H groups in total. The van der Waals surface area contributed by atoms with Gasteiger partial charge in [-0.15, -0.1) is 0 Å². The monoisotopic (exact) mass is 417 g/mol. The summed E-state index contributed by atoms with van der Waals surface area (Å²) in [5, 5.41) is 1.04. The number of aryl methyl sites for hydroxylation is 3. The summed E-state index contributed by atoms with van der Waals surface area (Å²) in [5.41, 5.74) is 10.2. The lowest BCUT2D eigenvalue weighted by Gasteiger charge is -2.17. The fraction of sp³-hybridized carbons (Fsp3) is 0.111. The predicted octanol–water partition coefficient (Wildman–Crippen LogP) is 6.06. The molecule has 6 rings (SSSR count). The lowest BCUT2D eigenvalue weighted by Crippen LogP contribution is -2.06. The lowest BCUT2D eigenvalue weighted by atomic mass is 10.1. The minimum absolute atomic E-state index is 0.914. The quantitative estimate of drug-likeness (QED) is 0.351. The smallest absolute Gasteiger partial charge is 0.148 e. The van der Waals surface area contributed by atoms with Gasteiger partial charge in [0.2, 0.25) is 0 Å². The zero-order valence-electron chi connectivity index (χ0n) is 18.3. The van der Waals surface area contributed by atoms with Gasteiger partial charge in [-0.25, -0.2) is 9.97 Å². The van der Waals surface area contributed by atoms with E-state index in [1.165, 1.54) is 16.8 Å². The molecule has 4 aromatic heterocycles. The van der Waals surface area contributed by atoms with Crippen molar-refractivity contribution in [2.24, 2.45) is 0 Å². The van der Waals surface area contributed by atoms with Crippen LogP contribution in [0.3, 0.4) is 0 Å². The third-order valence-corrected chi connectivity index (χ3v) is 6.25. The second-order valence-electron chi connectivity index (χ2n) is 8.28. The first-order chi connectivity index (χ1) is 15.6. The summed E-state index contributed by atoms with van der Waals surface area (Å²) in [7, 11) is 0. The van der Waals surface area contributed by atoms with Gasteiger partial charge in [-0.2, -0.15) is 0 Å². The van der Waals surface area contributed by atoms with E-state index in [-0.39, 0.29) is 0 Å². The maximum Gasteiger partial charge on any atom is 0.148 e. The highest BCUT2D eigenvalue weighted by molar-refractivity contribution is 5.81. The fourth-order valence-corrected chi connectivity index (χ4v) is 4.72. The molecular formula is C27H23N5. The SMILES string of the molecule is Cc1ccccc1-c1cn2c(C)ccc2n1-c1ccccc1-n1c(C)cc2cncnc21. The van der Waals surface area contributed by atoms with E-state index < -0.39 is 0 Å². The number of aromatic nitrogens is 5. The van der Waals surface area contributed by atoms with Crippen LogP contribution >= 0.6 is 0 Å². The normalized spacial score (nSPS) is 11.6. The molecular weight excluding hydrogens is 394 g/mol. The first kappa shape index (κ1) is 18.6. The Labute approximate surface area is 186 Å². The fourth-order valence-electron chi connectivity index (χ4n) is 4.72. The van der Waals surface area contributed by atoms with Crippen LogP contribution in [-0.4, -0.2) is 23.5 Å². The minimum atomic E-state index is 0.914. The van der Waals surface area contributed by atoms with Crippen molar-refractivity contribution in [1.82, 2.24) is 23.5 Å². The van der Waals surface area contributed by atoms with Crippen LogP contribution in [0.4, 0.5) is 0 Å². The van der Waals surface area contributed by atoms with Gasteiger partial charge in [-0.3, -0.25) is 9.13 Å². The molecule has 0 aliphatic carbocycles. The van der Waals surface area contributed by atoms with Crippen molar-refractivity contribution in [3.63, 3.8) is 0 Å². The molecule has 0 fully saturated rings. The second-order valence-corrected chi connectivity index (χ2v) is 8.28. The molecule has 0 amide bonds. The molecule has 0 aliphatic rings. The van der Waals surface area contributed by atoms with Gasteiger partial charge >= 0.3 is 0 Å². The van der Waals surface area contributed by atoms with Gasteiger partial charge in [0, 0.05) is 34.7 Å². The van der Waals surface area contributed by atoms with Crippen LogP contribution in [0.1, 0.15) is 17.0 Å². The molecule has 0 bridgehead atoms. The van der Waals surface area contributed by atoms with Crippen LogP contribution in [0.2, 0.25) is 0 Å². The third kappa shape index (κ3) is 2.64. The van der Waals surface area contributed by atoms with E-state index in [2.05, 4.69) is 117 Å². The second kappa shape index (κ2) is 6.95. The van der Waals surface area contributed by atoms with Gasteiger partial charge < -0.3 is 4.40 Å². The Balaban J connectivity index is 1.71. The van der Waals surface area contributed by atoms with Crippen molar-refractivity contribution in [3.05, 3.63) is 102 Å². The van der Waals surface area contributed by atoms with Crippen LogP contribution in [0.15, 0.2) is 85.5 Å². The molecule has 0 saturated carbocycles. The van der Waals surface area contributed by atoms with E-state index in [0.717, 1.165) is 39.4 Å². The molecule has 0 spiro atoms. The van der Waals surface area contributed by atoms with E-state index >= 15 is 0 Å². The summed E-state index contributed by atoms with van der Waals surface area (Å²) in [5.74, 6) is 0. The number of rotatable bonds is 3. The van der Waals surface area contributed by atoms with Crippen LogP contribution in [0.5, 0.6) is 0 Å². The largest absolute Gasteiger partial charge is 0.305 e. The zero-order valence-corrected chi connectivity index (χ0v) is 18.3. The number of imidazole rings is 1. The Morgan fingerprint density at radius 2 is 1.50 bits per heavy atom. The average molecular weight is 418 g/mol. The number of hydrogen-bond acceptors (Lipinski definition) is 2. The topological polar surface area (TPSA) is 40.0 Å². The number of fused-ring (bicyclic) bond motifs is 2. The predicted molar refractivity (Wildman–Crippen MR) is 129 cm³/mol. The summed E-state index contributed by atoms with van der Waals surface area (Å²) in [4.78, 5) is 8.81. The van der Waals surface area contributed by atoms with Crippen LogP contribution in [-0.2, 0) is 0 Å². The van der Waals surface area contributed by atoms with Crippen LogP contribution < -0.4 is 0 Å². The maximum absolute atomic E-state index is 4.60. The van der Waals surface area contributed by atoms with Crippen molar-refractivity contribution in [1.29, 1.82) is 0 Å². The highest BCUT2D eigenvalue weighted by atomic mass is 15.2. The molecule has 5 nitrogen and oxygen atoms in total. The standard InChI is InChI=1S/C27H23N5/c1-18-8-4-5-9-22(18)25-16-30-19(2)12-13-26(30)32(25)24-11-7-6-10-23(24)31-20(3)14-21-15-28-17-29-27(21)31/h4-17H,1-3H3. The van der Waals surface area contributed by atoms with E-state index in [9.17, 15) is 0 Å². The molecule has 0 unspecified atom stereocenters. The van der Waals surface area contributed by atoms with Gasteiger partial charge in [0.15, 0.2) is 0 Å². The highest BCUT2D eigenvalue weighted by Gasteiger charge is 2.19. The summed E-state index contributed by atoms with van der Waals surface area (Å²) < 4.78 is 6.85. The Bertz CT molecular complexity index is 1610. The summed E-state index contributed by atoms with van der Waals surface area (Å²) in [6, 6.07) is 23.6. The molecule has 0 saturated heterocycles. The van der Waals surface area contributed by atoms with E-state index in [0.29, 0.717) is 0 Å². The lowest BCUT2D eigenvalue weighted by molar-refractivity contribution is 0.987. The van der Waals surface area contributed by atoms with Crippen molar-refractivity contribution >= 4 is 16.7 Å². The molecule has 6 aromatic rings. The first-order valence-corrected chi connectivity index (χ1v) is 10.8. The number of para-hydroxylation sites is 2. The maximum atomic E-state index is 4.60. The molecule has 32 heavy (non-hydrogen) atoms.